The molecule has 1 fully saturated rings. The van der Waals surface area contributed by atoms with Crippen LogP contribution in [0.15, 0.2) is 29.2 Å². The third-order valence-electron chi connectivity index (χ3n) is 3.06. The van der Waals surface area contributed by atoms with Crippen molar-refractivity contribution in [2.75, 3.05) is 11.9 Å². The van der Waals surface area contributed by atoms with Crippen molar-refractivity contribution < 1.29 is 22.0 Å². The molecule has 0 spiro atoms. The van der Waals surface area contributed by atoms with Gasteiger partial charge >= 0.3 is 5.76 Å². The fourth-order valence-electron chi connectivity index (χ4n) is 1.73. The maximum absolute atomic E-state index is 12.4. The first-order chi connectivity index (χ1) is 9.89. The fourth-order valence-corrected chi connectivity index (χ4v) is 2.45. The number of alkyl halides is 2. The standard InChI is InChI=1S/C13H16F2N2O3S/c14-13(15)21(19,20)11-5-3-10(4-6-11)17-12(18)7-8-16-9-1-2-9/h3-6,9,13,16H,1-2,7-8H2,(H,17,18). The van der Waals surface area contributed by atoms with E-state index in [1.54, 1.807) is 0 Å². The molecule has 8 heteroatoms. The molecule has 1 aromatic rings. The summed E-state index contributed by atoms with van der Waals surface area (Å²) in [7, 11) is -4.59. The number of carbonyl (C=O) groups is 1. The number of rotatable bonds is 7. The minimum absolute atomic E-state index is 0.215. The highest BCUT2D eigenvalue weighted by atomic mass is 32.2. The van der Waals surface area contributed by atoms with Crippen LogP contribution in [0.3, 0.4) is 0 Å². The average molecular weight is 318 g/mol. The van der Waals surface area contributed by atoms with Gasteiger partial charge in [-0.1, -0.05) is 0 Å². The molecule has 21 heavy (non-hydrogen) atoms. The second-order valence-electron chi connectivity index (χ2n) is 4.86. The lowest BCUT2D eigenvalue weighted by Crippen LogP contribution is -2.23. The molecule has 0 unspecified atom stereocenters. The molecular formula is C13H16F2N2O3S. The number of hydrogen-bond donors (Lipinski definition) is 2. The number of anilines is 1. The summed E-state index contributed by atoms with van der Waals surface area (Å²) in [6.45, 7) is 0.578. The molecule has 0 aromatic heterocycles. The van der Waals surface area contributed by atoms with Crippen LogP contribution in [0, 0.1) is 0 Å². The SMILES string of the molecule is O=C(CCNC1CC1)Nc1ccc(S(=O)(=O)C(F)F)cc1. The van der Waals surface area contributed by atoms with E-state index in [0.29, 0.717) is 24.7 Å². The Balaban J connectivity index is 1.88. The van der Waals surface area contributed by atoms with Crippen LogP contribution in [0.2, 0.25) is 0 Å². The van der Waals surface area contributed by atoms with Crippen molar-refractivity contribution in [3.8, 4) is 0 Å². The van der Waals surface area contributed by atoms with Crippen LogP contribution in [0.25, 0.3) is 0 Å². The molecule has 1 amide bonds. The Kier molecular flexibility index (Phi) is 4.89. The Labute approximate surface area is 121 Å². The second kappa shape index (κ2) is 6.48. The van der Waals surface area contributed by atoms with Gasteiger partial charge in [0.05, 0.1) is 4.90 Å². The van der Waals surface area contributed by atoms with E-state index in [-0.39, 0.29) is 5.91 Å². The zero-order valence-electron chi connectivity index (χ0n) is 11.2. The Morgan fingerprint density at radius 2 is 1.86 bits per heavy atom. The summed E-state index contributed by atoms with van der Waals surface area (Å²) in [5, 5.41) is 5.77. The Morgan fingerprint density at radius 1 is 1.24 bits per heavy atom. The minimum Gasteiger partial charge on any atom is -0.326 e. The number of sulfone groups is 1. The van der Waals surface area contributed by atoms with Crippen molar-refractivity contribution in [2.45, 2.75) is 36.0 Å². The van der Waals surface area contributed by atoms with Crippen molar-refractivity contribution >= 4 is 21.4 Å². The van der Waals surface area contributed by atoms with Gasteiger partial charge in [-0.15, -0.1) is 0 Å². The summed E-state index contributed by atoms with van der Waals surface area (Å²) in [4.78, 5) is 11.1. The average Bonchev–Trinajstić information content (AvgIpc) is 3.23. The first-order valence-electron chi connectivity index (χ1n) is 6.55. The van der Waals surface area contributed by atoms with Crippen molar-refractivity contribution in [2.24, 2.45) is 0 Å². The molecule has 0 saturated heterocycles. The molecule has 1 saturated carbocycles. The predicted molar refractivity (Wildman–Crippen MR) is 73.9 cm³/mol. The van der Waals surface area contributed by atoms with Crippen molar-refractivity contribution in [1.82, 2.24) is 5.32 Å². The van der Waals surface area contributed by atoms with Crippen LogP contribution in [0.1, 0.15) is 19.3 Å². The Bertz CT molecular complexity index is 598. The quantitative estimate of drug-likeness (QED) is 0.803. The molecule has 2 rings (SSSR count). The highest BCUT2D eigenvalue weighted by Gasteiger charge is 2.26. The lowest BCUT2D eigenvalue weighted by Gasteiger charge is -2.07. The number of carbonyl (C=O) groups excluding carboxylic acids is 1. The Hall–Kier alpha value is -1.54. The molecule has 5 nitrogen and oxygen atoms in total. The molecule has 0 radical (unpaired) electrons. The minimum atomic E-state index is -4.59. The van der Waals surface area contributed by atoms with Crippen LogP contribution in [-0.2, 0) is 14.6 Å². The molecule has 0 heterocycles. The summed E-state index contributed by atoms with van der Waals surface area (Å²) >= 11 is 0. The first-order valence-corrected chi connectivity index (χ1v) is 8.09. The van der Waals surface area contributed by atoms with Gasteiger partial charge in [0, 0.05) is 24.7 Å². The van der Waals surface area contributed by atoms with Crippen LogP contribution < -0.4 is 10.6 Å². The normalized spacial score (nSPS) is 15.2. The van der Waals surface area contributed by atoms with Gasteiger partial charge in [-0.05, 0) is 37.1 Å². The van der Waals surface area contributed by atoms with Crippen molar-refractivity contribution in [1.29, 1.82) is 0 Å². The molecule has 116 valence electrons. The van der Waals surface area contributed by atoms with Gasteiger partial charge in [0.15, 0.2) is 0 Å². The van der Waals surface area contributed by atoms with E-state index in [9.17, 15) is 22.0 Å². The van der Waals surface area contributed by atoms with Gasteiger partial charge in [-0.3, -0.25) is 4.79 Å². The van der Waals surface area contributed by atoms with E-state index < -0.39 is 20.5 Å². The zero-order valence-corrected chi connectivity index (χ0v) is 12.0. The van der Waals surface area contributed by atoms with E-state index in [0.717, 1.165) is 25.0 Å². The monoisotopic (exact) mass is 318 g/mol. The largest absolute Gasteiger partial charge is 0.341 e. The van der Waals surface area contributed by atoms with Crippen LogP contribution in [-0.4, -0.2) is 32.7 Å². The maximum Gasteiger partial charge on any atom is 0.341 e. The topological polar surface area (TPSA) is 75.3 Å². The maximum atomic E-state index is 12.4. The van der Waals surface area contributed by atoms with E-state index in [1.165, 1.54) is 12.1 Å². The van der Waals surface area contributed by atoms with Gasteiger partial charge in [-0.25, -0.2) is 8.42 Å². The third-order valence-corrected chi connectivity index (χ3v) is 4.46. The molecule has 2 N–H and O–H groups in total. The molecule has 1 aliphatic carbocycles. The predicted octanol–water partition coefficient (Wildman–Crippen LogP) is 1.76. The lowest BCUT2D eigenvalue weighted by molar-refractivity contribution is -0.116. The third kappa shape index (κ3) is 4.47. The number of amides is 1. The highest BCUT2D eigenvalue weighted by molar-refractivity contribution is 7.91. The number of nitrogens with one attached hydrogen (secondary N) is 2. The zero-order chi connectivity index (χ0) is 15.5. The van der Waals surface area contributed by atoms with E-state index >= 15 is 0 Å². The number of benzene rings is 1. The molecular weight excluding hydrogens is 302 g/mol. The van der Waals surface area contributed by atoms with E-state index in [4.69, 9.17) is 0 Å². The van der Waals surface area contributed by atoms with Crippen LogP contribution in [0.4, 0.5) is 14.5 Å². The summed E-state index contributed by atoms with van der Waals surface area (Å²) in [6.07, 6.45) is 2.58. The number of halogens is 2. The van der Waals surface area contributed by atoms with Gasteiger partial charge in [-0.2, -0.15) is 8.78 Å². The van der Waals surface area contributed by atoms with Crippen molar-refractivity contribution in [3.63, 3.8) is 0 Å². The smallest absolute Gasteiger partial charge is 0.326 e. The van der Waals surface area contributed by atoms with Crippen LogP contribution in [0.5, 0.6) is 0 Å². The molecule has 0 atom stereocenters. The second-order valence-corrected chi connectivity index (χ2v) is 6.77. The molecule has 0 aliphatic heterocycles. The van der Waals surface area contributed by atoms with Crippen molar-refractivity contribution in [3.05, 3.63) is 24.3 Å². The highest BCUT2D eigenvalue weighted by Crippen LogP contribution is 2.20. The first kappa shape index (κ1) is 15.8. The molecule has 1 aromatic carbocycles. The van der Waals surface area contributed by atoms with E-state index in [2.05, 4.69) is 10.6 Å². The summed E-state index contributed by atoms with van der Waals surface area (Å²) in [5.74, 6) is -3.67. The Morgan fingerprint density at radius 3 is 2.38 bits per heavy atom. The fraction of sp³-hybridized carbons (Fsp3) is 0.462. The van der Waals surface area contributed by atoms with E-state index in [1.807, 2.05) is 0 Å². The van der Waals surface area contributed by atoms with Gasteiger partial charge in [0.1, 0.15) is 0 Å². The summed E-state index contributed by atoms with van der Waals surface area (Å²) < 4.78 is 47.2. The number of hydrogen-bond acceptors (Lipinski definition) is 4. The molecule has 0 bridgehead atoms. The lowest BCUT2D eigenvalue weighted by atomic mass is 10.3. The summed E-state index contributed by atoms with van der Waals surface area (Å²) in [5.41, 5.74) is 0.375. The summed E-state index contributed by atoms with van der Waals surface area (Å²) in [6, 6.07) is 5.22. The van der Waals surface area contributed by atoms with Gasteiger partial charge in [0.2, 0.25) is 15.7 Å². The van der Waals surface area contributed by atoms with Gasteiger partial charge in [0.25, 0.3) is 0 Å². The molecule has 1 aliphatic rings. The van der Waals surface area contributed by atoms with Gasteiger partial charge < -0.3 is 10.6 Å². The van der Waals surface area contributed by atoms with Crippen LogP contribution >= 0.6 is 0 Å².